The Hall–Kier alpha value is -3.54. The summed E-state index contributed by atoms with van der Waals surface area (Å²) in [7, 11) is 0. The molecule has 1 aromatic heterocycles. The monoisotopic (exact) mass is 523 g/mol. The summed E-state index contributed by atoms with van der Waals surface area (Å²) in [6, 6.07) is 26.0. The molecule has 0 amide bonds. The Morgan fingerprint density at radius 3 is 2.14 bits per heavy atom. The molecule has 5 aromatic rings. The Balaban J connectivity index is 1.65. The molecule has 0 saturated heterocycles. The number of alkyl halides is 3. The predicted octanol–water partition coefficient (Wildman–Crippen LogP) is 9.47. The molecule has 1 heterocycles. The van der Waals surface area contributed by atoms with Crippen LogP contribution in [-0.2, 0) is 12.8 Å². The molecule has 0 spiro atoms. The molecule has 0 bridgehead atoms. The summed E-state index contributed by atoms with van der Waals surface area (Å²) in [5.74, 6) is 0.527. The predicted molar refractivity (Wildman–Crippen MR) is 138 cm³/mol. The van der Waals surface area contributed by atoms with Gasteiger partial charge in [-0.15, -0.1) is 0 Å². The lowest BCUT2D eigenvalue weighted by Gasteiger charge is -2.17. The van der Waals surface area contributed by atoms with E-state index in [-0.39, 0.29) is 12.1 Å². The molecule has 180 valence electrons. The van der Waals surface area contributed by atoms with Gasteiger partial charge in [-0.3, -0.25) is 4.98 Å². The number of fused-ring (bicyclic) bond motifs is 1. The Bertz CT molecular complexity index is 1530. The van der Waals surface area contributed by atoms with Crippen molar-refractivity contribution >= 4 is 34.1 Å². The molecule has 0 aliphatic carbocycles. The first kappa shape index (κ1) is 24.2. The lowest BCUT2D eigenvalue weighted by molar-refractivity contribution is -0.136. The van der Waals surface area contributed by atoms with Gasteiger partial charge in [0.2, 0.25) is 0 Å². The van der Waals surface area contributed by atoms with E-state index >= 15 is 0 Å². The average Bonchev–Trinajstić information content (AvgIpc) is 2.87. The molecular formula is C29H18Cl2F3NO. The molecule has 0 N–H and O–H groups in total. The standard InChI is InChI=1S/C29H18Cl2F3NO/c30-25-13-6-14-26(31)23(25)17-36-20-10-4-9-19(15-20)27-21-11-5-12-24(29(32,33)34)28(21)35-16-22(27)18-7-2-1-3-8-18/h1-16H,17H2. The van der Waals surface area contributed by atoms with E-state index < -0.39 is 11.7 Å². The topological polar surface area (TPSA) is 22.1 Å². The number of hydrogen-bond donors (Lipinski definition) is 0. The third-order valence-electron chi connectivity index (χ3n) is 5.86. The number of rotatable bonds is 5. The van der Waals surface area contributed by atoms with Gasteiger partial charge in [0.25, 0.3) is 0 Å². The molecule has 0 radical (unpaired) electrons. The summed E-state index contributed by atoms with van der Waals surface area (Å²) < 4.78 is 47.3. The van der Waals surface area contributed by atoms with E-state index in [1.165, 1.54) is 12.3 Å². The van der Waals surface area contributed by atoms with Crippen molar-refractivity contribution in [2.24, 2.45) is 0 Å². The minimum Gasteiger partial charge on any atom is -0.489 e. The molecule has 0 fully saturated rings. The van der Waals surface area contributed by atoms with E-state index in [0.29, 0.717) is 43.4 Å². The van der Waals surface area contributed by atoms with Crippen molar-refractivity contribution in [2.75, 3.05) is 0 Å². The van der Waals surface area contributed by atoms with E-state index in [9.17, 15) is 13.2 Å². The van der Waals surface area contributed by atoms with Crippen LogP contribution in [0.2, 0.25) is 10.0 Å². The first-order valence-electron chi connectivity index (χ1n) is 11.0. The first-order chi connectivity index (χ1) is 17.3. The van der Waals surface area contributed by atoms with Crippen LogP contribution in [0.4, 0.5) is 13.2 Å². The summed E-state index contributed by atoms with van der Waals surface area (Å²) in [5.41, 5.74) is 2.67. The van der Waals surface area contributed by atoms with Crippen LogP contribution in [0.3, 0.4) is 0 Å². The van der Waals surface area contributed by atoms with Gasteiger partial charge in [0, 0.05) is 38.3 Å². The molecule has 4 aromatic carbocycles. The van der Waals surface area contributed by atoms with Gasteiger partial charge in [-0.05, 0) is 41.5 Å². The van der Waals surface area contributed by atoms with Crippen LogP contribution >= 0.6 is 23.2 Å². The maximum Gasteiger partial charge on any atom is 0.418 e. The van der Waals surface area contributed by atoms with Crippen LogP contribution in [0.5, 0.6) is 5.75 Å². The van der Waals surface area contributed by atoms with Crippen LogP contribution in [0.25, 0.3) is 33.2 Å². The SMILES string of the molecule is FC(F)(F)c1cccc2c(-c3cccc(OCc4c(Cl)cccc4Cl)c3)c(-c3ccccc3)cnc12. The highest BCUT2D eigenvalue weighted by Gasteiger charge is 2.33. The number of pyridine rings is 1. The Morgan fingerprint density at radius 2 is 1.42 bits per heavy atom. The zero-order valence-electron chi connectivity index (χ0n) is 18.7. The van der Waals surface area contributed by atoms with E-state index in [1.807, 2.05) is 36.4 Å². The number of nitrogens with zero attached hydrogens (tertiary/aromatic N) is 1. The minimum absolute atomic E-state index is 0.103. The van der Waals surface area contributed by atoms with E-state index in [4.69, 9.17) is 27.9 Å². The van der Waals surface area contributed by atoms with Crippen molar-refractivity contribution in [1.29, 1.82) is 0 Å². The Labute approximate surface area is 215 Å². The fraction of sp³-hybridized carbons (Fsp3) is 0.0690. The number of aromatic nitrogens is 1. The van der Waals surface area contributed by atoms with Crippen LogP contribution < -0.4 is 4.74 Å². The molecule has 0 aliphatic heterocycles. The second-order valence-electron chi connectivity index (χ2n) is 8.13. The largest absolute Gasteiger partial charge is 0.489 e. The van der Waals surface area contributed by atoms with Gasteiger partial charge in [-0.1, -0.05) is 83.9 Å². The highest BCUT2D eigenvalue weighted by molar-refractivity contribution is 6.35. The molecule has 0 unspecified atom stereocenters. The molecular weight excluding hydrogens is 506 g/mol. The van der Waals surface area contributed by atoms with E-state index in [1.54, 1.807) is 42.5 Å². The minimum atomic E-state index is -4.53. The molecule has 0 saturated carbocycles. The first-order valence-corrected chi connectivity index (χ1v) is 11.8. The van der Waals surface area contributed by atoms with Crippen LogP contribution in [0, 0.1) is 0 Å². The van der Waals surface area contributed by atoms with Crippen LogP contribution in [0.15, 0.2) is 97.2 Å². The van der Waals surface area contributed by atoms with E-state index in [2.05, 4.69) is 4.98 Å². The molecule has 0 atom stereocenters. The highest BCUT2D eigenvalue weighted by atomic mass is 35.5. The lowest BCUT2D eigenvalue weighted by atomic mass is 9.91. The van der Waals surface area contributed by atoms with Crippen LogP contribution in [0.1, 0.15) is 11.1 Å². The molecule has 0 aliphatic rings. The van der Waals surface area contributed by atoms with Gasteiger partial charge in [0.1, 0.15) is 12.4 Å². The van der Waals surface area contributed by atoms with Crippen LogP contribution in [-0.4, -0.2) is 4.98 Å². The zero-order valence-corrected chi connectivity index (χ0v) is 20.2. The molecule has 7 heteroatoms. The van der Waals surface area contributed by atoms with Crippen molar-refractivity contribution in [2.45, 2.75) is 12.8 Å². The van der Waals surface area contributed by atoms with Crippen molar-refractivity contribution in [1.82, 2.24) is 4.98 Å². The average molecular weight is 524 g/mol. The van der Waals surface area contributed by atoms with Crippen molar-refractivity contribution in [3.63, 3.8) is 0 Å². The quantitative estimate of drug-likeness (QED) is 0.229. The summed E-state index contributed by atoms with van der Waals surface area (Å²) in [5, 5.41) is 1.38. The third-order valence-corrected chi connectivity index (χ3v) is 6.56. The summed E-state index contributed by atoms with van der Waals surface area (Å²) in [4.78, 5) is 4.25. The highest BCUT2D eigenvalue weighted by Crippen LogP contribution is 2.42. The summed E-state index contributed by atoms with van der Waals surface area (Å²) in [6.45, 7) is 0.142. The number of halogens is 5. The van der Waals surface area contributed by atoms with Gasteiger partial charge in [-0.2, -0.15) is 13.2 Å². The lowest BCUT2D eigenvalue weighted by Crippen LogP contribution is -2.07. The van der Waals surface area contributed by atoms with Gasteiger partial charge >= 0.3 is 6.18 Å². The molecule has 36 heavy (non-hydrogen) atoms. The Morgan fingerprint density at radius 1 is 0.750 bits per heavy atom. The smallest absolute Gasteiger partial charge is 0.418 e. The summed E-state index contributed by atoms with van der Waals surface area (Å²) >= 11 is 12.5. The Kier molecular flexibility index (Phi) is 6.61. The zero-order chi connectivity index (χ0) is 25.3. The normalized spacial score (nSPS) is 11.6. The maximum atomic E-state index is 13.8. The van der Waals surface area contributed by atoms with Crippen molar-refractivity contribution in [3.05, 3.63) is 118 Å². The fourth-order valence-corrected chi connectivity index (χ4v) is 4.67. The van der Waals surface area contributed by atoms with Crippen molar-refractivity contribution in [3.8, 4) is 28.0 Å². The second-order valence-corrected chi connectivity index (χ2v) is 8.94. The van der Waals surface area contributed by atoms with Gasteiger partial charge < -0.3 is 4.74 Å². The number of hydrogen-bond acceptors (Lipinski definition) is 2. The second kappa shape index (κ2) is 9.84. The van der Waals surface area contributed by atoms with Gasteiger partial charge in [0.05, 0.1) is 11.1 Å². The molecule has 5 rings (SSSR count). The van der Waals surface area contributed by atoms with Gasteiger partial charge in [-0.25, -0.2) is 0 Å². The third kappa shape index (κ3) is 4.77. The number of para-hydroxylation sites is 1. The molecule has 2 nitrogen and oxygen atoms in total. The number of benzene rings is 4. The summed E-state index contributed by atoms with van der Waals surface area (Å²) in [6.07, 6.45) is -3.03. The van der Waals surface area contributed by atoms with Crippen molar-refractivity contribution < 1.29 is 17.9 Å². The number of ether oxygens (including phenoxy) is 1. The maximum absolute atomic E-state index is 13.8. The fourth-order valence-electron chi connectivity index (χ4n) is 4.17. The van der Waals surface area contributed by atoms with Gasteiger partial charge in [0.15, 0.2) is 0 Å². The van der Waals surface area contributed by atoms with E-state index in [0.717, 1.165) is 11.6 Å².